The summed E-state index contributed by atoms with van der Waals surface area (Å²) in [7, 11) is 0. The Hall–Kier alpha value is -2.86. The molecule has 0 radical (unpaired) electrons. The monoisotopic (exact) mass is 370 g/mol. The number of aliphatic hydroxyl groups is 1. The zero-order valence-electron chi connectivity index (χ0n) is 15.7. The van der Waals surface area contributed by atoms with Gasteiger partial charge in [0.15, 0.2) is 0 Å². The van der Waals surface area contributed by atoms with Crippen LogP contribution < -0.4 is 15.4 Å². The van der Waals surface area contributed by atoms with Crippen LogP contribution >= 0.6 is 0 Å². The van der Waals surface area contributed by atoms with Crippen LogP contribution in [-0.4, -0.2) is 35.7 Å². The molecule has 0 bridgehead atoms. The van der Waals surface area contributed by atoms with Crippen LogP contribution in [-0.2, 0) is 11.3 Å². The molecule has 2 aromatic rings. The zero-order valence-corrected chi connectivity index (χ0v) is 15.7. The highest BCUT2D eigenvalue weighted by atomic mass is 16.5. The number of rotatable bonds is 9. The van der Waals surface area contributed by atoms with E-state index in [0.717, 1.165) is 11.3 Å². The minimum Gasteiger partial charge on any atom is -0.493 e. The number of benzene rings is 2. The maximum Gasteiger partial charge on any atom is 0.251 e. The summed E-state index contributed by atoms with van der Waals surface area (Å²) in [6, 6.07) is 16.3. The molecule has 0 aromatic heterocycles. The Morgan fingerprint density at radius 2 is 1.70 bits per heavy atom. The molecule has 144 valence electrons. The fourth-order valence-corrected chi connectivity index (χ4v) is 2.26. The molecular weight excluding hydrogens is 344 g/mol. The summed E-state index contributed by atoms with van der Waals surface area (Å²) in [6.07, 6.45) is 0.269. The van der Waals surface area contributed by atoms with Gasteiger partial charge < -0.3 is 20.5 Å². The number of amides is 2. The highest BCUT2D eigenvalue weighted by molar-refractivity contribution is 5.94. The molecule has 2 amide bonds. The van der Waals surface area contributed by atoms with E-state index in [0.29, 0.717) is 18.7 Å². The third kappa shape index (κ3) is 7.11. The average molecular weight is 370 g/mol. The Morgan fingerprint density at radius 3 is 2.33 bits per heavy atom. The van der Waals surface area contributed by atoms with Crippen LogP contribution in [0.2, 0.25) is 0 Å². The van der Waals surface area contributed by atoms with Gasteiger partial charge in [-0.2, -0.15) is 0 Å². The van der Waals surface area contributed by atoms with Crippen LogP contribution in [0, 0.1) is 0 Å². The lowest BCUT2D eigenvalue weighted by Gasteiger charge is -2.23. The minimum atomic E-state index is -0.675. The number of nitrogens with one attached hydrogen (secondary N) is 2. The fourth-order valence-electron chi connectivity index (χ4n) is 2.26. The van der Waals surface area contributed by atoms with Crippen molar-refractivity contribution in [2.45, 2.75) is 32.4 Å². The van der Waals surface area contributed by atoms with E-state index in [1.165, 1.54) is 0 Å². The third-order valence-electron chi connectivity index (χ3n) is 3.89. The molecule has 3 N–H and O–H groups in total. The normalized spacial score (nSPS) is 10.9. The van der Waals surface area contributed by atoms with Crippen molar-refractivity contribution in [3.63, 3.8) is 0 Å². The summed E-state index contributed by atoms with van der Waals surface area (Å²) < 4.78 is 5.50. The van der Waals surface area contributed by atoms with Crippen LogP contribution in [0.25, 0.3) is 0 Å². The summed E-state index contributed by atoms with van der Waals surface area (Å²) in [5.41, 5.74) is 0.721. The minimum absolute atomic E-state index is 0.0996. The summed E-state index contributed by atoms with van der Waals surface area (Å²) in [5, 5.41) is 14.8. The molecule has 6 nitrogen and oxygen atoms in total. The molecule has 0 fully saturated rings. The van der Waals surface area contributed by atoms with E-state index in [1.54, 1.807) is 38.1 Å². The van der Waals surface area contributed by atoms with Crippen LogP contribution in [0.4, 0.5) is 0 Å². The summed E-state index contributed by atoms with van der Waals surface area (Å²) in [6.45, 7) is 4.05. The SMILES string of the molecule is CC(C)(CO)NC(=O)c1ccc(CNC(=O)CCOc2ccccc2)cc1. The smallest absolute Gasteiger partial charge is 0.251 e. The first-order chi connectivity index (χ1) is 12.9. The van der Waals surface area contributed by atoms with E-state index < -0.39 is 5.54 Å². The second-order valence-corrected chi connectivity index (χ2v) is 6.88. The molecule has 2 rings (SSSR count). The van der Waals surface area contributed by atoms with E-state index in [-0.39, 0.29) is 24.8 Å². The largest absolute Gasteiger partial charge is 0.493 e. The molecular formula is C21H26N2O4. The van der Waals surface area contributed by atoms with Crippen molar-refractivity contribution in [3.05, 3.63) is 65.7 Å². The standard InChI is InChI=1S/C21H26N2O4/c1-21(2,15-24)23-20(26)17-10-8-16(9-11-17)14-22-19(25)12-13-27-18-6-4-3-5-7-18/h3-11,24H,12-15H2,1-2H3,(H,22,25)(H,23,26). The highest BCUT2D eigenvalue weighted by Gasteiger charge is 2.19. The number of hydrogen-bond donors (Lipinski definition) is 3. The highest BCUT2D eigenvalue weighted by Crippen LogP contribution is 2.09. The molecule has 2 aromatic carbocycles. The molecule has 0 aliphatic carbocycles. The molecule has 0 spiro atoms. The Morgan fingerprint density at radius 1 is 1.04 bits per heavy atom. The van der Waals surface area contributed by atoms with Crippen LogP contribution in [0.5, 0.6) is 5.75 Å². The van der Waals surface area contributed by atoms with Crippen molar-refractivity contribution >= 4 is 11.8 Å². The zero-order chi connectivity index (χ0) is 19.7. The second-order valence-electron chi connectivity index (χ2n) is 6.88. The molecule has 27 heavy (non-hydrogen) atoms. The Kier molecular flexibility index (Phi) is 7.37. The van der Waals surface area contributed by atoms with Crippen molar-refractivity contribution in [2.24, 2.45) is 0 Å². The number of carbonyl (C=O) groups excluding carboxylic acids is 2. The molecule has 0 heterocycles. The predicted octanol–water partition coefficient (Wildman–Crippen LogP) is 2.27. The van der Waals surface area contributed by atoms with Gasteiger partial charge in [0.2, 0.25) is 5.91 Å². The molecule has 0 unspecified atom stereocenters. The Labute approximate surface area is 159 Å². The summed E-state index contributed by atoms with van der Waals surface area (Å²) >= 11 is 0. The van der Waals surface area contributed by atoms with Gasteiger partial charge in [-0.1, -0.05) is 30.3 Å². The van der Waals surface area contributed by atoms with Crippen molar-refractivity contribution < 1.29 is 19.4 Å². The van der Waals surface area contributed by atoms with E-state index in [4.69, 9.17) is 4.74 Å². The fraction of sp³-hybridized carbons (Fsp3) is 0.333. The number of hydrogen-bond acceptors (Lipinski definition) is 4. The van der Waals surface area contributed by atoms with E-state index in [9.17, 15) is 14.7 Å². The topological polar surface area (TPSA) is 87.7 Å². The maximum absolute atomic E-state index is 12.1. The second kappa shape index (κ2) is 9.73. The number of aliphatic hydroxyl groups excluding tert-OH is 1. The first kappa shape index (κ1) is 20.5. The van der Waals surface area contributed by atoms with Gasteiger partial charge in [0.25, 0.3) is 5.91 Å². The molecule has 0 saturated heterocycles. The van der Waals surface area contributed by atoms with Gasteiger partial charge >= 0.3 is 0 Å². The van der Waals surface area contributed by atoms with Crippen LogP contribution in [0.15, 0.2) is 54.6 Å². The van der Waals surface area contributed by atoms with Crippen molar-refractivity contribution in [1.29, 1.82) is 0 Å². The molecule has 0 atom stereocenters. The van der Waals surface area contributed by atoms with Crippen LogP contribution in [0.3, 0.4) is 0 Å². The number of para-hydroxylation sites is 1. The van der Waals surface area contributed by atoms with E-state index in [1.807, 2.05) is 30.3 Å². The van der Waals surface area contributed by atoms with Gasteiger partial charge in [0, 0.05) is 12.1 Å². The van der Waals surface area contributed by atoms with Gasteiger partial charge in [-0.3, -0.25) is 9.59 Å². The molecule has 0 aliphatic heterocycles. The van der Waals surface area contributed by atoms with E-state index in [2.05, 4.69) is 10.6 Å². The van der Waals surface area contributed by atoms with Crippen LogP contribution in [0.1, 0.15) is 36.2 Å². The van der Waals surface area contributed by atoms with Crippen molar-refractivity contribution in [2.75, 3.05) is 13.2 Å². The Bertz CT molecular complexity index is 743. The van der Waals surface area contributed by atoms with Gasteiger partial charge in [0.05, 0.1) is 25.2 Å². The molecule has 6 heteroatoms. The lowest BCUT2D eigenvalue weighted by atomic mass is 10.1. The molecule has 0 aliphatic rings. The third-order valence-corrected chi connectivity index (χ3v) is 3.89. The summed E-state index contributed by atoms with van der Waals surface area (Å²) in [5.74, 6) is 0.392. The van der Waals surface area contributed by atoms with Gasteiger partial charge in [0.1, 0.15) is 5.75 Å². The van der Waals surface area contributed by atoms with E-state index >= 15 is 0 Å². The van der Waals surface area contributed by atoms with Crippen molar-refractivity contribution in [3.8, 4) is 5.75 Å². The lowest BCUT2D eigenvalue weighted by Crippen LogP contribution is -2.46. The number of carbonyl (C=O) groups is 2. The van der Waals surface area contributed by atoms with Gasteiger partial charge in [-0.25, -0.2) is 0 Å². The van der Waals surface area contributed by atoms with Crippen molar-refractivity contribution in [1.82, 2.24) is 10.6 Å². The summed E-state index contributed by atoms with van der Waals surface area (Å²) in [4.78, 5) is 24.0. The first-order valence-electron chi connectivity index (χ1n) is 8.86. The molecule has 0 saturated carbocycles. The van der Waals surface area contributed by atoms with Gasteiger partial charge in [-0.05, 0) is 43.7 Å². The average Bonchev–Trinajstić information content (AvgIpc) is 2.67. The lowest BCUT2D eigenvalue weighted by molar-refractivity contribution is -0.121. The first-order valence-corrected chi connectivity index (χ1v) is 8.86. The quantitative estimate of drug-likeness (QED) is 0.632. The number of ether oxygens (including phenoxy) is 1. The Balaban J connectivity index is 1.74. The maximum atomic E-state index is 12.1. The predicted molar refractivity (Wildman–Crippen MR) is 103 cm³/mol. The van der Waals surface area contributed by atoms with Gasteiger partial charge in [-0.15, -0.1) is 0 Å².